The van der Waals surface area contributed by atoms with E-state index in [1.165, 1.54) is 5.56 Å². The Morgan fingerprint density at radius 3 is 2.26 bits per heavy atom. The lowest BCUT2D eigenvalue weighted by Gasteiger charge is -2.07. The van der Waals surface area contributed by atoms with E-state index in [1.807, 2.05) is 0 Å². The molecule has 4 nitrogen and oxygen atoms in total. The first-order valence-corrected chi connectivity index (χ1v) is 6.76. The molecule has 0 saturated heterocycles. The van der Waals surface area contributed by atoms with Crippen molar-refractivity contribution in [3.8, 4) is 0 Å². The molecule has 19 heavy (non-hydrogen) atoms. The Morgan fingerprint density at radius 1 is 1.05 bits per heavy atom. The SMILES string of the molecule is CC(C)c1ccc(Cc2nc(N)nc(CCl)n2)cc1. The molecule has 100 valence electrons. The van der Waals surface area contributed by atoms with Crippen molar-refractivity contribution >= 4 is 17.5 Å². The normalized spacial score (nSPS) is 10.9. The van der Waals surface area contributed by atoms with E-state index < -0.39 is 0 Å². The largest absolute Gasteiger partial charge is 0.368 e. The summed E-state index contributed by atoms with van der Waals surface area (Å²) in [5.41, 5.74) is 8.10. The van der Waals surface area contributed by atoms with E-state index in [9.17, 15) is 0 Å². The zero-order valence-electron chi connectivity index (χ0n) is 11.1. The minimum Gasteiger partial charge on any atom is -0.368 e. The lowest BCUT2D eigenvalue weighted by molar-refractivity contribution is 0.860. The summed E-state index contributed by atoms with van der Waals surface area (Å²) in [5, 5.41) is 0. The first-order valence-electron chi connectivity index (χ1n) is 6.22. The van der Waals surface area contributed by atoms with Crippen LogP contribution in [0.15, 0.2) is 24.3 Å². The third-order valence-electron chi connectivity index (χ3n) is 2.87. The number of benzene rings is 1. The molecule has 1 aromatic carbocycles. The van der Waals surface area contributed by atoms with E-state index in [0.29, 0.717) is 24.0 Å². The number of hydrogen-bond acceptors (Lipinski definition) is 4. The molecule has 1 aromatic heterocycles. The van der Waals surface area contributed by atoms with Crippen LogP contribution in [0.2, 0.25) is 0 Å². The second-order valence-electron chi connectivity index (χ2n) is 4.73. The monoisotopic (exact) mass is 276 g/mol. The fourth-order valence-electron chi connectivity index (χ4n) is 1.83. The summed E-state index contributed by atoms with van der Waals surface area (Å²) in [7, 11) is 0. The number of nitrogens with two attached hydrogens (primary N) is 1. The van der Waals surface area contributed by atoms with Gasteiger partial charge in [-0.3, -0.25) is 0 Å². The number of halogens is 1. The highest BCUT2D eigenvalue weighted by Crippen LogP contribution is 2.16. The van der Waals surface area contributed by atoms with Crippen molar-refractivity contribution in [1.29, 1.82) is 0 Å². The number of anilines is 1. The van der Waals surface area contributed by atoms with Crippen LogP contribution in [-0.2, 0) is 12.3 Å². The number of nitrogens with zero attached hydrogens (tertiary/aromatic N) is 3. The molecule has 5 heteroatoms. The van der Waals surface area contributed by atoms with Gasteiger partial charge in [0, 0.05) is 6.42 Å². The summed E-state index contributed by atoms with van der Waals surface area (Å²) in [6.07, 6.45) is 0.634. The highest BCUT2D eigenvalue weighted by molar-refractivity contribution is 6.16. The highest BCUT2D eigenvalue weighted by Gasteiger charge is 2.05. The molecule has 0 aliphatic heterocycles. The zero-order valence-corrected chi connectivity index (χ0v) is 11.9. The number of nitrogen functional groups attached to an aromatic ring is 1. The van der Waals surface area contributed by atoms with Crippen molar-refractivity contribution in [2.45, 2.75) is 32.1 Å². The van der Waals surface area contributed by atoms with E-state index in [2.05, 4.69) is 53.1 Å². The summed E-state index contributed by atoms with van der Waals surface area (Å²) in [5.74, 6) is 2.17. The molecule has 0 spiro atoms. The standard InChI is InChI=1S/C14H17ClN4/c1-9(2)11-5-3-10(4-6-11)7-12-17-13(8-15)19-14(16)18-12/h3-6,9H,7-8H2,1-2H3,(H2,16,17,18,19). The fourth-order valence-corrected chi connectivity index (χ4v) is 1.95. The van der Waals surface area contributed by atoms with Gasteiger partial charge in [0.15, 0.2) is 0 Å². The third kappa shape index (κ3) is 3.64. The van der Waals surface area contributed by atoms with Crippen molar-refractivity contribution in [3.05, 3.63) is 47.0 Å². The Morgan fingerprint density at radius 2 is 1.68 bits per heavy atom. The molecule has 0 bridgehead atoms. The molecule has 2 rings (SSSR count). The number of alkyl halides is 1. The molecule has 1 heterocycles. The van der Waals surface area contributed by atoms with Gasteiger partial charge in [0.25, 0.3) is 0 Å². The Hall–Kier alpha value is -1.68. The second kappa shape index (κ2) is 5.97. The maximum Gasteiger partial charge on any atom is 0.223 e. The van der Waals surface area contributed by atoms with Gasteiger partial charge in [-0.2, -0.15) is 9.97 Å². The number of hydrogen-bond donors (Lipinski definition) is 1. The van der Waals surface area contributed by atoms with Crippen LogP contribution < -0.4 is 5.73 Å². The molecule has 2 aromatic rings. The zero-order chi connectivity index (χ0) is 13.8. The van der Waals surface area contributed by atoms with Crippen LogP contribution in [0.25, 0.3) is 0 Å². The van der Waals surface area contributed by atoms with E-state index in [-0.39, 0.29) is 11.8 Å². The average molecular weight is 277 g/mol. The molecule has 0 saturated carbocycles. The van der Waals surface area contributed by atoms with E-state index in [4.69, 9.17) is 17.3 Å². The first kappa shape index (κ1) is 13.7. The van der Waals surface area contributed by atoms with Gasteiger partial charge in [0.1, 0.15) is 11.6 Å². The molecule has 2 N–H and O–H groups in total. The molecule has 0 unspecified atom stereocenters. The summed E-state index contributed by atoms with van der Waals surface area (Å²) < 4.78 is 0. The summed E-state index contributed by atoms with van der Waals surface area (Å²) >= 11 is 5.72. The maximum absolute atomic E-state index is 5.72. The van der Waals surface area contributed by atoms with Crippen molar-refractivity contribution in [2.75, 3.05) is 5.73 Å². The molecule has 0 aliphatic carbocycles. The minimum absolute atomic E-state index is 0.222. The van der Waals surface area contributed by atoms with Crippen LogP contribution in [0.5, 0.6) is 0 Å². The summed E-state index contributed by atoms with van der Waals surface area (Å²) in [4.78, 5) is 12.4. The van der Waals surface area contributed by atoms with Gasteiger partial charge in [0.05, 0.1) is 5.88 Å². The van der Waals surface area contributed by atoms with Gasteiger partial charge in [-0.25, -0.2) is 4.98 Å². The van der Waals surface area contributed by atoms with Gasteiger partial charge in [0.2, 0.25) is 5.95 Å². The maximum atomic E-state index is 5.72. The van der Waals surface area contributed by atoms with E-state index >= 15 is 0 Å². The van der Waals surface area contributed by atoms with Crippen LogP contribution in [0.3, 0.4) is 0 Å². The molecule has 0 atom stereocenters. The van der Waals surface area contributed by atoms with E-state index in [0.717, 1.165) is 5.56 Å². The summed E-state index contributed by atoms with van der Waals surface area (Å²) in [6, 6.07) is 8.45. The molecule has 0 fully saturated rings. The van der Waals surface area contributed by atoms with Crippen LogP contribution >= 0.6 is 11.6 Å². The van der Waals surface area contributed by atoms with Crippen LogP contribution in [0, 0.1) is 0 Å². The predicted molar refractivity (Wildman–Crippen MR) is 77.1 cm³/mol. The lowest BCUT2D eigenvalue weighted by atomic mass is 10.0. The van der Waals surface area contributed by atoms with Gasteiger partial charge < -0.3 is 5.73 Å². The molecule has 0 radical (unpaired) electrons. The van der Waals surface area contributed by atoms with Gasteiger partial charge >= 0.3 is 0 Å². The Labute approximate surface area is 118 Å². The molecular weight excluding hydrogens is 260 g/mol. The fraction of sp³-hybridized carbons (Fsp3) is 0.357. The van der Waals surface area contributed by atoms with E-state index in [1.54, 1.807) is 0 Å². The Balaban J connectivity index is 2.18. The highest BCUT2D eigenvalue weighted by atomic mass is 35.5. The van der Waals surface area contributed by atoms with Crippen molar-refractivity contribution in [3.63, 3.8) is 0 Å². The van der Waals surface area contributed by atoms with Crippen LogP contribution in [0.4, 0.5) is 5.95 Å². The summed E-state index contributed by atoms with van der Waals surface area (Å²) in [6.45, 7) is 4.35. The van der Waals surface area contributed by atoms with Crippen LogP contribution in [-0.4, -0.2) is 15.0 Å². The molecule has 0 aliphatic rings. The van der Waals surface area contributed by atoms with Gasteiger partial charge in [-0.15, -0.1) is 11.6 Å². The quantitative estimate of drug-likeness (QED) is 0.872. The number of aromatic nitrogens is 3. The molecule has 0 amide bonds. The van der Waals surface area contributed by atoms with Crippen molar-refractivity contribution in [2.24, 2.45) is 0 Å². The smallest absolute Gasteiger partial charge is 0.223 e. The Kier molecular flexibility index (Phi) is 4.32. The Bertz CT molecular complexity index is 552. The van der Waals surface area contributed by atoms with Crippen molar-refractivity contribution < 1.29 is 0 Å². The first-order chi connectivity index (χ1) is 9.08. The third-order valence-corrected chi connectivity index (χ3v) is 3.11. The predicted octanol–water partition coefficient (Wildman–Crippen LogP) is 2.91. The molecular formula is C14H17ClN4. The minimum atomic E-state index is 0.222. The van der Waals surface area contributed by atoms with Crippen LogP contribution in [0.1, 0.15) is 42.5 Å². The average Bonchev–Trinajstić information content (AvgIpc) is 2.38. The van der Waals surface area contributed by atoms with Crippen molar-refractivity contribution in [1.82, 2.24) is 15.0 Å². The lowest BCUT2D eigenvalue weighted by Crippen LogP contribution is -2.06. The topological polar surface area (TPSA) is 64.7 Å². The number of rotatable bonds is 4. The second-order valence-corrected chi connectivity index (χ2v) is 5.00. The van der Waals surface area contributed by atoms with Gasteiger partial charge in [-0.1, -0.05) is 38.1 Å². The van der Waals surface area contributed by atoms with Gasteiger partial charge in [-0.05, 0) is 17.0 Å².